The van der Waals surface area contributed by atoms with Crippen LogP contribution in [0.1, 0.15) is 24.8 Å². The van der Waals surface area contributed by atoms with E-state index in [2.05, 4.69) is 10.2 Å². The highest BCUT2D eigenvalue weighted by molar-refractivity contribution is 6.33. The van der Waals surface area contributed by atoms with Crippen molar-refractivity contribution in [2.45, 2.75) is 26.2 Å². The number of halogens is 1. The molecule has 0 atom stereocenters. The Morgan fingerprint density at radius 2 is 2.05 bits per heavy atom. The van der Waals surface area contributed by atoms with Crippen LogP contribution in [0.3, 0.4) is 0 Å². The molecule has 0 bridgehead atoms. The molecule has 1 aromatic carbocycles. The summed E-state index contributed by atoms with van der Waals surface area (Å²) in [6.07, 6.45) is 3.89. The number of nitro groups is 1. The summed E-state index contributed by atoms with van der Waals surface area (Å²) in [6, 6.07) is 3.16. The fourth-order valence-corrected chi connectivity index (χ4v) is 2.76. The number of benzene rings is 1. The lowest BCUT2D eigenvalue weighted by molar-refractivity contribution is -0.384. The third-order valence-corrected chi connectivity index (χ3v) is 3.99. The van der Waals surface area contributed by atoms with E-state index >= 15 is 0 Å². The third kappa shape index (κ3) is 3.84. The first-order valence-electron chi connectivity index (χ1n) is 6.98. The number of aryl methyl sites for hydroxylation is 1. The Labute approximate surface area is 124 Å². The predicted molar refractivity (Wildman–Crippen MR) is 81.6 cm³/mol. The SMILES string of the molecule is Cc1cc([N+](=O)[O-])c(Cl)cc1NCCN1CCCCC1. The van der Waals surface area contributed by atoms with Crippen LogP contribution in [-0.4, -0.2) is 36.0 Å². The van der Waals surface area contributed by atoms with E-state index in [1.807, 2.05) is 6.92 Å². The first-order chi connectivity index (χ1) is 9.58. The van der Waals surface area contributed by atoms with Crippen LogP contribution in [-0.2, 0) is 0 Å². The minimum absolute atomic E-state index is 0.0363. The van der Waals surface area contributed by atoms with Crippen LogP contribution in [0.5, 0.6) is 0 Å². The molecule has 1 heterocycles. The topological polar surface area (TPSA) is 58.4 Å². The zero-order valence-corrected chi connectivity index (χ0v) is 12.4. The van der Waals surface area contributed by atoms with Crippen molar-refractivity contribution >= 4 is 23.0 Å². The van der Waals surface area contributed by atoms with Crippen LogP contribution in [0.2, 0.25) is 5.02 Å². The molecule has 1 aliphatic heterocycles. The van der Waals surface area contributed by atoms with Gasteiger partial charge in [0.05, 0.1) is 4.92 Å². The molecule has 2 rings (SSSR count). The minimum Gasteiger partial charge on any atom is -0.383 e. The average molecular weight is 298 g/mol. The molecule has 110 valence electrons. The van der Waals surface area contributed by atoms with Crippen molar-refractivity contribution in [2.75, 3.05) is 31.5 Å². The number of anilines is 1. The average Bonchev–Trinajstić information content (AvgIpc) is 2.43. The molecule has 1 saturated heterocycles. The normalized spacial score (nSPS) is 16.1. The zero-order chi connectivity index (χ0) is 14.5. The molecule has 0 spiro atoms. The summed E-state index contributed by atoms with van der Waals surface area (Å²) in [7, 11) is 0. The summed E-state index contributed by atoms with van der Waals surface area (Å²) in [5.41, 5.74) is 1.68. The number of nitrogens with one attached hydrogen (secondary N) is 1. The number of hydrogen-bond acceptors (Lipinski definition) is 4. The first kappa shape index (κ1) is 15.1. The van der Waals surface area contributed by atoms with Crippen molar-refractivity contribution < 1.29 is 4.92 Å². The second kappa shape index (κ2) is 6.90. The van der Waals surface area contributed by atoms with Crippen LogP contribution in [0, 0.1) is 17.0 Å². The van der Waals surface area contributed by atoms with Crippen LogP contribution in [0.15, 0.2) is 12.1 Å². The molecule has 0 unspecified atom stereocenters. The van der Waals surface area contributed by atoms with Crippen LogP contribution >= 0.6 is 11.6 Å². The van der Waals surface area contributed by atoms with Gasteiger partial charge in [-0.25, -0.2) is 0 Å². The van der Waals surface area contributed by atoms with Gasteiger partial charge in [-0.05, 0) is 44.5 Å². The van der Waals surface area contributed by atoms with Crippen molar-refractivity contribution in [2.24, 2.45) is 0 Å². The molecule has 0 aliphatic carbocycles. The van der Waals surface area contributed by atoms with Crippen LogP contribution in [0.4, 0.5) is 11.4 Å². The van der Waals surface area contributed by atoms with E-state index in [9.17, 15) is 10.1 Å². The number of likely N-dealkylation sites (tertiary alicyclic amines) is 1. The van der Waals surface area contributed by atoms with Gasteiger partial charge in [-0.15, -0.1) is 0 Å². The van der Waals surface area contributed by atoms with Crippen molar-refractivity contribution in [3.63, 3.8) is 0 Å². The molecule has 6 heteroatoms. The molecule has 0 aromatic heterocycles. The Morgan fingerprint density at radius 3 is 2.70 bits per heavy atom. The van der Waals surface area contributed by atoms with Gasteiger partial charge in [0.2, 0.25) is 0 Å². The Kier molecular flexibility index (Phi) is 5.20. The Bertz CT molecular complexity index is 488. The minimum atomic E-state index is -0.452. The maximum absolute atomic E-state index is 10.8. The molecular weight excluding hydrogens is 278 g/mol. The van der Waals surface area contributed by atoms with Crippen LogP contribution < -0.4 is 5.32 Å². The zero-order valence-electron chi connectivity index (χ0n) is 11.7. The Morgan fingerprint density at radius 1 is 1.35 bits per heavy atom. The standard InChI is InChI=1S/C14H20ClN3O2/c1-11-9-14(18(19)20)12(15)10-13(11)16-5-8-17-6-3-2-4-7-17/h9-10,16H,2-8H2,1H3. The quantitative estimate of drug-likeness (QED) is 0.668. The van der Waals surface area contributed by atoms with Gasteiger partial charge < -0.3 is 10.2 Å². The summed E-state index contributed by atoms with van der Waals surface area (Å²) in [5.74, 6) is 0. The second-order valence-corrected chi connectivity index (χ2v) is 5.61. The highest BCUT2D eigenvalue weighted by atomic mass is 35.5. The molecule has 1 aromatic rings. The molecule has 1 fully saturated rings. The lowest BCUT2D eigenvalue weighted by Gasteiger charge is -2.26. The Balaban J connectivity index is 1.92. The number of rotatable bonds is 5. The van der Waals surface area contributed by atoms with Gasteiger partial charge in [-0.2, -0.15) is 0 Å². The van der Waals surface area contributed by atoms with E-state index in [-0.39, 0.29) is 10.7 Å². The van der Waals surface area contributed by atoms with Gasteiger partial charge in [0, 0.05) is 24.8 Å². The Hall–Kier alpha value is -1.33. The lowest BCUT2D eigenvalue weighted by atomic mass is 10.1. The van der Waals surface area contributed by atoms with Crippen molar-refractivity contribution in [1.82, 2.24) is 4.90 Å². The lowest BCUT2D eigenvalue weighted by Crippen LogP contribution is -2.33. The molecule has 0 amide bonds. The molecule has 5 nitrogen and oxygen atoms in total. The maximum atomic E-state index is 10.8. The summed E-state index contributed by atoms with van der Waals surface area (Å²) < 4.78 is 0. The second-order valence-electron chi connectivity index (χ2n) is 5.20. The molecule has 1 aliphatic rings. The number of piperidine rings is 1. The summed E-state index contributed by atoms with van der Waals surface area (Å²) >= 11 is 5.93. The highest BCUT2D eigenvalue weighted by Crippen LogP contribution is 2.30. The third-order valence-electron chi connectivity index (χ3n) is 3.68. The smallest absolute Gasteiger partial charge is 0.288 e. The molecule has 1 N–H and O–H groups in total. The fraction of sp³-hybridized carbons (Fsp3) is 0.571. The maximum Gasteiger partial charge on any atom is 0.288 e. The number of nitro benzene ring substituents is 1. The highest BCUT2D eigenvalue weighted by Gasteiger charge is 2.15. The molecular formula is C14H20ClN3O2. The number of nitrogens with zero attached hydrogens (tertiary/aromatic N) is 2. The molecule has 0 saturated carbocycles. The van der Waals surface area contributed by atoms with E-state index < -0.39 is 4.92 Å². The largest absolute Gasteiger partial charge is 0.383 e. The van der Waals surface area contributed by atoms with Gasteiger partial charge in [-0.1, -0.05) is 18.0 Å². The summed E-state index contributed by atoms with van der Waals surface area (Å²) in [5, 5.41) is 14.3. The number of hydrogen-bond donors (Lipinski definition) is 1. The van der Waals surface area contributed by atoms with Gasteiger partial charge in [0.25, 0.3) is 5.69 Å². The van der Waals surface area contributed by atoms with E-state index in [0.717, 1.165) is 24.3 Å². The van der Waals surface area contributed by atoms with Crippen molar-refractivity contribution in [3.8, 4) is 0 Å². The van der Waals surface area contributed by atoms with E-state index in [4.69, 9.17) is 11.6 Å². The molecule has 0 radical (unpaired) electrons. The summed E-state index contributed by atoms with van der Waals surface area (Å²) in [4.78, 5) is 12.8. The molecule has 20 heavy (non-hydrogen) atoms. The van der Waals surface area contributed by atoms with Crippen LogP contribution in [0.25, 0.3) is 0 Å². The van der Waals surface area contributed by atoms with Gasteiger partial charge in [0.15, 0.2) is 0 Å². The van der Waals surface area contributed by atoms with E-state index in [0.29, 0.717) is 0 Å². The monoisotopic (exact) mass is 297 g/mol. The fourth-order valence-electron chi connectivity index (χ4n) is 2.53. The van der Waals surface area contributed by atoms with Crippen molar-refractivity contribution in [1.29, 1.82) is 0 Å². The predicted octanol–water partition coefficient (Wildman–Crippen LogP) is 3.45. The van der Waals surface area contributed by atoms with E-state index in [1.165, 1.54) is 38.4 Å². The van der Waals surface area contributed by atoms with Crippen molar-refractivity contribution in [3.05, 3.63) is 32.8 Å². The first-order valence-corrected chi connectivity index (χ1v) is 7.36. The van der Waals surface area contributed by atoms with Gasteiger partial charge in [-0.3, -0.25) is 10.1 Å². The summed E-state index contributed by atoms with van der Waals surface area (Å²) in [6.45, 7) is 6.01. The van der Waals surface area contributed by atoms with Gasteiger partial charge >= 0.3 is 0 Å². The van der Waals surface area contributed by atoms with Gasteiger partial charge in [0.1, 0.15) is 5.02 Å². The van der Waals surface area contributed by atoms with E-state index in [1.54, 1.807) is 6.07 Å².